The summed E-state index contributed by atoms with van der Waals surface area (Å²) in [5.74, 6) is 2.53. The summed E-state index contributed by atoms with van der Waals surface area (Å²) in [7, 11) is 4.86. The summed E-state index contributed by atoms with van der Waals surface area (Å²) in [5, 5.41) is 4.73. The minimum absolute atomic E-state index is 0.0437. The normalized spacial score (nSPS) is 22.6. The van der Waals surface area contributed by atoms with E-state index < -0.39 is 0 Å². The Morgan fingerprint density at radius 3 is 2.33 bits per heavy atom. The number of hydrogen-bond donors (Lipinski definition) is 1. The predicted octanol–water partition coefficient (Wildman–Crippen LogP) is 5.85. The molecular weight excluding hydrogens is 385 g/mol. The number of methoxy groups -OCH3 is 3. The summed E-state index contributed by atoms with van der Waals surface area (Å²) in [6, 6.07) is 7.97. The van der Waals surface area contributed by atoms with Crippen LogP contribution < -0.4 is 19.5 Å². The van der Waals surface area contributed by atoms with Gasteiger partial charge in [0.25, 0.3) is 0 Å². The van der Waals surface area contributed by atoms with Crippen LogP contribution in [0.2, 0.25) is 10.0 Å². The van der Waals surface area contributed by atoms with Crippen molar-refractivity contribution < 1.29 is 14.2 Å². The Morgan fingerprint density at radius 2 is 1.70 bits per heavy atom. The van der Waals surface area contributed by atoms with Crippen molar-refractivity contribution in [3.63, 3.8) is 0 Å². The van der Waals surface area contributed by atoms with Gasteiger partial charge in [0.1, 0.15) is 0 Å². The van der Waals surface area contributed by atoms with Crippen molar-refractivity contribution in [3.05, 3.63) is 57.6 Å². The molecular formula is C21H21Cl2NO3. The number of halogens is 2. The van der Waals surface area contributed by atoms with E-state index in [1.54, 1.807) is 21.3 Å². The molecule has 0 saturated heterocycles. The summed E-state index contributed by atoms with van der Waals surface area (Å²) >= 11 is 12.8. The van der Waals surface area contributed by atoms with E-state index in [1.807, 2.05) is 18.2 Å². The van der Waals surface area contributed by atoms with Crippen molar-refractivity contribution in [1.82, 2.24) is 0 Å². The molecule has 4 nitrogen and oxygen atoms in total. The van der Waals surface area contributed by atoms with Gasteiger partial charge >= 0.3 is 0 Å². The van der Waals surface area contributed by atoms with Gasteiger partial charge in [-0.05, 0) is 41.7 Å². The molecule has 4 rings (SSSR count). The molecule has 0 spiro atoms. The molecule has 0 aromatic heterocycles. The van der Waals surface area contributed by atoms with Crippen LogP contribution >= 0.6 is 23.2 Å². The molecule has 0 fully saturated rings. The highest BCUT2D eigenvalue weighted by Crippen LogP contribution is 2.53. The molecule has 2 aromatic rings. The van der Waals surface area contributed by atoms with Crippen LogP contribution in [0.1, 0.15) is 29.5 Å². The quantitative estimate of drug-likeness (QED) is 0.647. The van der Waals surface area contributed by atoms with Gasteiger partial charge in [0.2, 0.25) is 5.75 Å². The molecule has 27 heavy (non-hydrogen) atoms. The van der Waals surface area contributed by atoms with Crippen LogP contribution in [0.5, 0.6) is 17.2 Å². The number of rotatable bonds is 4. The second kappa shape index (κ2) is 7.17. The fourth-order valence-electron chi connectivity index (χ4n) is 4.21. The SMILES string of the molecule is COc1cc([C@H]2Nc3c(ccc(Cl)c3Cl)[C@H]3C=CC[C@@H]32)cc(OC)c1OC. The lowest BCUT2D eigenvalue weighted by Crippen LogP contribution is -2.29. The maximum Gasteiger partial charge on any atom is 0.203 e. The van der Waals surface area contributed by atoms with Crippen LogP contribution in [0.25, 0.3) is 0 Å². The fraction of sp³-hybridized carbons (Fsp3) is 0.333. The van der Waals surface area contributed by atoms with Crippen molar-refractivity contribution in [2.24, 2.45) is 5.92 Å². The van der Waals surface area contributed by atoms with E-state index >= 15 is 0 Å². The molecule has 2 aliphatic rings. The Balaban J connectivity index is 1.84. The van der Waals surface area contributed by atoms with Gasteiger partial charge < -0.3 is 19.5 Å². The topological polar surface area (TPSA) is 39.7 Å². The van der Waals surface area contributed by atoms with Crippen LogP contribution in [0.3, 0.4) is 0 Å². The highest BCUT2D eigenvalue weighted by atomic mass is 35.5. The van der Waals surface area contributed by atoms with Crippen molar-refractivity contribution in [2.75, 3.05) is 26.6 Å². The van der Waals surface area contributed by atoms with Crippen LogP contribution in [0, 0.1) is 5.92 Å². The lowest BCUT2D eigenvalue weighted by atomic mass is 9.77. The summed E-state index contributed by atoms with van der Waals surface area (Å²) in [4.78, 5) is 0. The molecule has 1 heterocycles. The van der Waals surface area contributed by atoms with Gasteiger partial charge in [-0.15, -0.1) is 0 Å². The molecule has 142 valence electrons. The molecule has 1 aliphatic carbocycles. The maximum atomic E-state index is 6.53. The molecule has 1 N–H and O–H groups in total. The van der Waals surface area contributed by atoms with Crippen molar-refractivity contribution >= 4 is 28.9 Å². The zero-order valence-corrected chi connectivity index (χ0v) is 16.9. The largest absolute Gasteiger partial charge is 0.493 e. The fourth-order valence-corrected chi connectivity index (χ4v) is 4.60. The van der Waals surface area contributed by atoms with Crippen molar-refractivity contribution in [3.8, 4) is 17.2 Å². The van der Waals surface area contributed by atoms with Gasteiger partial charge in [0.15, 0.2) is 11.5 Å². The third-order valence-electron chi connectivity index (χ3n) is 5.47. The van der Waals surface area contributed by atoms with Crippen molar-refractivity contribution in [2.45, 2.75) is 18.4 Å². The van der Waals surface area contributed by atoms with Gasteiger partial charge in [-0.2, -0.15) is 0 Å². The monoisotopic (exact) mass is 405 g/mol. The van der Waals surface area contributed by atoms with Crippen LogP contribution in [0.15, 0.2) is 36.4 Å². The van der Waals surface area contributed by atoms with Gasteiger partial charge in [-0.3, -0.25) is 0 Å². The Hall–Kier alpha value is -2.04. The molecule has 0 radical (unpaired) electrons. The Bertz CT molecular complexity index is 888. The van der Waals surface area contributed by atoms with E-state index in [-0.39, 0.29) is 6.04 Å². The minimum Gasteiger partial charge on any atom is -0.493 e. The standard InChI is InChI=1S/C21H21Cl2NO3/c1-25-16-9-11(10-17(26-2)21(16)27-3)19-13-6-4-5-12(13)14-7-8-15(22)18(23)20(14)24-19/h4-5,7-10,12-13,19,24H,6H2,1-3H3/t12-,13-,19+/m0/s1. The second-order valence-electron chi connectivity index (χ2n) is 6.76. The number of ether oxygens (including phenoxy) is 3. The first kappa shape index (κ1) is 18.3. The second-order valence-corrected chi connectivity index (χ2v) is 7.54. The highest BCUT2D eigenvalue weighted by Gasteiger charge is 2.39. The lowest BCUT2D eigenvalue weighted by molar-refractivity contribution is 0.322. The number of hydrogen-bond acceptors (Lipinski definition) is 4. The molecule has 0 saturated carbocycles. The van der Waals surface area contributed by atoms with E-state index in [9.17, 15) is 0 Å². The molecule has 0 unspecified atom stereocenters. The Morgan fingerprint density at radius 1 is 1.00 bits per heavy atom. The number of benzene rings is 2. The molecule has 3 atom stereocenters. The molecule has 0 bridgehead atoms. The van der Waals surface area contributed by atoms with Crippen LogP contribution in [-0.2, 0) is 0 Å². The number of fused-ring (bicyclic) bond motifs is 3. The summed E-state index contributed by atoms with van der Waals surface area (Å²) < 4.78 is 16.5. The maximum absolute atomic E-state index is 6.53. The lowest BCUT2D eigenvalue weighted by Gasteiger charge is -2.38. The average Bonchev–Trinajstić information content (AvgIpc) is 3.18. The van der Waals surface area contributed by atoms with Gasteiger partial charge in [0.05, 0.1) is 43.1 Å². The van der Waals surface area contributed by atoms with Gasteiger partial charge in [-0.1, -0.05) is 41.4 Å². The number of allylic oxidation sites excluding steroid dienone is 2. The van der Waals surface area contributed by atoms with E-state index in [0.717, 1.165) is 17.7 Å². The number of nitrogens with one attached hydrogen (secondary N) is 1. The smallest absolute Gasteiger partial charge is 0.203 e. The van der Waals surface area contributed by atoms with Crippen LogP contribution in [-0.4, -0.2) is 21.3 Å². The first-order valence-corrected chi connectivity index (χ1v) is 9.55. The summed E-state index contributed by atoms with van der Waals surface area (Å²) in [6.07, 6.45) is 5.48. The van der Waals surface area contributed by atoms with Crippen LogP contribution in [0.4, 0.5) is 5.69 Å². The van der Waals surface area contributed by atoms with E-state index in [0.29, 0.717) is 39.1 Å². The third-order valence-corrected chi connectivity index (χ3v) is 6.28. The third kappa shape index (κ3) is 2.91. The summed E-state index contributed by atoms with van der Waals surface area (Å²) in [6.45, 7) is 0. The number of anilines is 1. The van der Waals surface area contributed by atoms with Gasteiger partial charge in [0, 0.05) is 5.92 Å². The summed E-state index contributed by atoms with van der Waals surface area (Å²) in [5.41, 5.74) is 3.15. The first-order valence-electron chi connectivity index (χ1n) is 8.80. The molecule has 6 heteroatoms. The van der Waals surface area contributed by atoms with E-state index in [1.165, 1.54) is 5.56 Å². The zero-order valence-electron chi connectivity index (χ0n) is 15.4. The molecule has 0 amide bonds. The zero-order chi connectivity index (χ0) is 19.1. The Kier molecular flexibility index (Phi) is 4.87. The molecule has 1 aliphatic heterocycles. The van der Waals surface area contributed by atoms with Gasteiger partial charge in [-0.25, -0.2) is 0 Å². The van der Waals surface area contributed by atoms with E-state index in [2.05, 4.69) is 23.5 Å². The first-order chi connectivity index (χ1) is 13.1. The average molecular weight is 406 g/mol. The predicted molar refractivity (Wildman–Crippen MR) is 109 cm³/mol. The molecule has 2 aromatic carbocycles. The Labute approximate surface area is 169 Å². The van der Waals surface area contributed by atoms with E-state index in [4.69, 9.17) is 37.4 Å². The highest BCUT2D eigenvalue weighted by molar-refractivity contribution is 6.43. The minimum atomic E-state index is 0.0437. The van der Waals surface area contributed by atoms with Crippen molar-refractivity contribution in [1.29, 1.82) is 0 Å².